The van der Waals surface area contributed by atoms with Crippen molar-refractivity contribution in [1.29, 1.82) is 0 Å². The number of benzene rings is 1. The van der Waals surface area contributed by atoms with E-state index in [4.69, 9.17) is 0 Å². The van der Waals surface area contributed by atoms with Gasteiger partial charge in [-0.05, 0) is 47.9 Å². The highest BCUT2D eigenvalue weighted by atomic mass is 16.2. The SMILES string of the molecule is CCc1cc(CC)c2c(c1)CC[C@@H]2N1C(=O)C=CC1=O. The molecule has 0 N–H and O–H groups in total. The minimum absolute atomic E-state index is 0.0687. The molecule has 1 heterocycles. The van der Waals surface area contributed by atoms with Gasteiger partial charge in [0.05, 0.1) is 6.04 Å². The molecule has 2 amide bonds. The number of aryl methyl sites for hydroxylation is 3. The number of hydrogen-bond donors (Lipinski definition) is 0. The maximum atomic E-state index is 11.9. The average molecular weight is 269 g/mol. The molecule has 3 rings (SSSR count). The van der Waals surface area contributed by atoms with Crippen molar-refractivity contribution in [3.8, 4) is 0 Å². The predicted molar refractivity (Wildman–Crippen MR) is 77.3 cm³/mol. The summed E-state index contributed by atoms with van der Waals surface area (Å²) in [6, 6.07) is 4.41. The van der Waals surface area contributed by atoms with Crippen molar-refractivity contribution in [3.05, 3.63) is 46.5 Å². The first-order valence-electron chi connectivity index (χ1n) is 7.35. The van der Waals surface area contributed by atoms with Crippen LogP contribution in [0.25, 0.3) is 0 Å². The van der Waals surface area contributed by atoms with Gasteiger partial charge in [0.15, 0.2) is 0 Å². The number of amides is 2. The van der Waals surface area contributed by atoms with E-state index in [1.807, 2.05) is 0 Å². The molecule has 0 saturated heterocycles. The lowest BCUT2D eigenvalue weighted by Gasteiger charge is -2.25. The number of hydrogen-bond acceptors (Lipinski definition) is 2. The fourth-order valence-electron chi connectivity index (χ4n) is 3.40. The molecule has 1 aliphatic heterocycles. The van der Waals surface area contributed by atoms with Gasteiger partial charge in [-0.15, -0.1) is 0 Å². The van der Waals surface area contributed by atoms with E-state index >= 15 is 0 Å². The van der Waals surface area contributed by atoms with E-state index in [-0.39, 0.29) is 17.9 Å². The molecule has 1 aliphatic carbocycles. The number of nitrogens with zero attached hydrogens (tertiary/aromatic N) is 1. The van der Waals surface area contributed by atoms with Crippen molar-refractivity contribution in [2.24, 2.45) is 0 Å². The molecule has 2 aliphatic rings. The number of fused-ring (bicyclic) bond motifs is 1. The highest BCUT2D eigenvalue weighted by Gasteiger charge is 2.37. The zero-order chi connectivity index (χ0) is 14.3. The van der Waals surface area contributed by atoms with Crippen molar-refractivity contribution in [3.63, 3.8) is 0 Å². The lowest BCUT2D eigenvalue weighted by molar-refractivity contribution is -0.139. The lowest BCUT2D eigenvalue weighted by Crippen LogP contribution is -2.33. The van der Waals surface area contributed by atoms with Crippen LogP contribution in [-0.2, 0) is 28.9 Å². The Balaban J connectivity index is 2.05. The van der Waals surface area contributed by atoms with E-state index in [1.165, 1.54) is 39.3 Å². The topological polar surface area (TPSA) is 37.4 Å². The van der Waals surface area contributed by atoms with Gasteiger partial charge >= 0.3 is 0 Å². The summed E-state index contributed by atoms with van der Waals surface area (Å²) in [5, 5.41) is 0. The second-order valence-corrected chi connectivity index (χ2v) is 5.47. The predicted octanol–water partition coefficient (Wildman–Crippen LogP) is 2.72. The van der Waals surface area contributed by atoms with Gasteiger partial charge in [0.1, 0.15) is 0 Å². The van der Waals surface area contributed by atoms with Crippen molar-refractivity contribution in [2.45, 2.75) is 45.6 Å². The molecule has 0 aromatic heterocycles. The van der Waals surface area contributed by atoms with Crippen LogP contribution in [0.5, 0.6) is 0 Å². The molecule has 0 spiro atoms. The molecular weight excluding hydrogens is 250 g/mol. The Labute approximate surface area is 119 Å². The summed E-state index contributed by atoms with van der Waals surface area (Å²) in [6.45, 7) is 4.29. The maximum absolute atomic E-state index is 11.9. The summed E-state index contributed by atoms with van der Waals surface area (Å²) >= 11 is 0. The van der Waals surface area contributed by atoms with E-state index < -0.39 is 0 Å². The third-order valence-electron chi connectivity index (χ3n) is 4.38. The van der Waals surface area contributed by atoms with Crippen LogP contribution in [-0.4, -0.2) is 16.7 Å². The smallest absolute Gasteiger partial charge is 0.254 e. The fourth-order valence-corrected chi connectivity index (χ4v) is 3.40. The van der Waals surface area contributed by atoms with E-state index in [1.54, 1.807) is 0 Å². The second kappa shape index (κ2) is 4.89. The van der Waals surface area contributed by atoms with Gasteiger partial charge < -0.3 is 0 Å². The first-order valence-corrected chi connectivity index (χ1v) is 7.35. The third kappa shape index (κ3) is 1.89. The lowest BCUT2D eigenvalue weighted by atomic mass is 9.94. The van der Waals surface area contributed by atoms with Crippen LogP contribution in [0.3, 0.4) is 0 Å². The van der Waals surface area contributed by atoms with Gasteiger partial charge in [0.2, 0.25) is 0 Å². The van der Waals surface area contributed by atoms with Gasteiger partial charge in [-0.25, -0.2) is 0 Å². The first kappa shape index (κ1) is 13.1. The van der Waals surface area contributed by atoms with Crippen LogP contribution in [0.2, 0.25) is 0 Å². The van der Waals surface area contributed by atoms with Crippen LogP contribution in [0.15, 0.2) is 24.3 Å². The average Bonchev–Trinajstić information content (AvgIpc) is 3.01. The summed E-state index contributed by atoms with van der Waals surface area (Å²) in [5.74, 6) is -0.344. The maximum Gasteiger partial charge on any atom is 0.254 e. The highest BCUT2D eigenvalue weighted by Crippen LogP contribution is 2.40. The van der Waals surface area contributed by atoms with Gasteiger partial charge in [0, 0.05) is 12.2 Å². The normalized spacial score (nSPS) is 20.9. The van der Waals surface area contributed by atoms with Crippen LogP contribution in [0, 0.1) is 0 Å². The molecule has 1 atom stereocenters. The monoisotopic (exact) mass is 269 g/mol. The molecular formula is C17H19NO2. The Morgan fingerprint density at radius 1 is 1.10 bits per heavy atom. The minimum Gasteiger partial charge on any atom is -0.269 e. The van der Waals surface area contributed by atoms with Gasteiger partial charge in [0.25, 0.3) is 11.8 Å². The van der Waals surface area contributed by atoms with Crippen LogP contribution < -0.4 is 0 Å². The molecule has 20 heavy (non-hydrogen) atoms. The van der Waals surface area contributed by atoms with Crippen molar-refractivity contribution < 1.29 is 9.59 Å². The Bertz CT molecular complexity index is 598. The van der Waals surface area contributed by atoms with Crippen molar-refractivity contribution in [1.82, 2.24) is 4.90 Å². The number of rotatable bonds is 3. The summed E-state index contributed by atoms with van der Waals surface area (Å²) in [7, 11) is 0. The summed E-state index contributed by atoms with van der Waals surface area (Å²) < 4.78 is 0. The van der Waals surface area contributed by atoms with Gasteiger partial charge in [-0.2, -0.15) is 0 Å². The summed E-state index contributed by atoms with van der Waals surface area (Å²) in [6.07, 6.45) is 6.54. The molecule has 1 aromatic rings. The highest BCUT2D eigenvalue weighted by molar-refractivity contribution is 6.13. The molecule has 0 bridgehead atoms. The second-order valence-electron chi connectivity index (χ2n) is 5.47. The van der Waals surface area contributed by atoms with E-state index in [0.717, 1.165) is 25.7 Å². The van der Waals surface area contributed by atoms with Gasteiger partial charge in [-0.1, -0.05) is 26.0 Å². The molecule has 0 unspecified atom stereocenters. The molecule has 0 saturated carbocycles. The largest absolute Gasteiger partial charge is 0.269 e. The molecule has 1 aromatic carbocycles. The Kier molecular flexibility index (Phi) is 3.20. The fraction of sp³-hybridized carbons (Fsp3) is 0.412. The summed E-state index contributed by atoms with van der Waals surface area (Å²) in [5.41, 5.74) is 5.17. The Morgan fingerprint density at radius 2 is 1.80 bits per heavy atom. The zero-order valence-corrected chi connectivity index (χ0v) is 12.0. The Hall–Kier alpha value is -1.90. The summed E-state index contributed by atoms with van der Waals surface area (Å²) in [4.78, 5) is 25.3. The first-order chi connectivity index (χ1) is 9.65. The minimum atomic E-state index is -0.172. The van der Waals surface area contributed by atoms with Crippen LogP contribution in [0.1, 0.15) is 48.6 Å². The third-order valence-corrected chi connectivity index (χ3v) is 4.38. The van der Waals surface area contributed by atoms with Crippen LogP contribution in [0.4, 0.5) is 0 Å². The molecule has 3 nitrogen and oxygen atoms in total. The molecule has 0 fully saturated rings. The number of carbonyl (C=O) groups excluding carboxylic acids is 2. The standard InChI is InChI=1S/C17H19NO2/c1-3-11-9-12(4-2)17-13(10-11)5-6-14(17)18-15(19)7-8-16(18)20/h7-10,14H,3-6H2,1-2H3/t14-/m0/s1. The molecule has 104 valence electrons. The van der Waals surface area contributed by atoms with Crippen LogP contribution >= 0.6 is 0 Å². The van der Waals surface area contributed by atoms with E-state index in [2.05, 4.69) is 26.0 Å². The van der Waals surface area contributed by atoms with Gasteiger partial charge in [-0.3, -0.25) is 14.5 Å². The zero-order valence-electron chi connectivity index (χ0n) is 12.0. The van der Waals surface area contributed by atoms with Crippen molar-refractivity contribution >= 4 is 11.8 Å². The number of carbonyl (C=O) groups is 2. The number of imide groups is 1. The molecule has 3 heteroatoms. The van der Waals surface area contributed by atoms with Crippen molar-refractivity contribution in [2.75, 3.05) is 0 Å². The molecule has 0 radical (unpaired) electrons. The Morgan fingerprint density at radius 3 is 2.40 bits per heavy atom. The van der Waals surface area contributed by atoms with E-state index in [9.17, 15) is 9.59 Å². The van der Waals surface area contributed by atoms with E-state index in [0.29, 0.717) is 0 Å². The quantitative estimate of drug-likeness (QED) is 0.791.